The number of aryl methyl sites for hydroxylation is 2. The Morgan fingerprint density at radius 1 is 0.957 bits per heavy atom. The summed E-state index contributed by atoms with van der Waals surface area (Å²) in [4.78, 5) is 14.7. The molecule has 0 spiro atoms. The van der Waals surface area contributed by atoms with E-state index >= 15 is 0 Å². The summed E-state index contributed by atoms with van der Waals surface area (Å²) in [6.45, 7) is 3.72. The largest absolute Gasteiger partial charge is 0.390 e. The Morgan fingerprint density at radius 2 is 1.70 bits per heavy atom. The van der Waals surface area contributed by atoms with Crippen LogP contribution in [0.2, 0.25) is 0 Å². The van der Waals surface area contributed by atoms with E-state index in [9.17, 15) is 13.5 Å². The Morgan fingerprint density at radius 3 is 2.45 bits per heavy atom. The molecule has 2 aliphatic heterocycles. The van der Waals surface area contributed by atoms with Crippen LogP contribution < -0.4 is 5.84 Å². The first-order chi connectivity index (χ1) is 22.6. The summed E-state index contributed by atoms with van der Waals surface area (Å²) in [7, 11) is -3.95. The zero-order valence-electron chi connectivity index (χ0n) is 26.5. The number of aliphatic hydroxyl groups is 1. The van der Waals surface area contributed by atoms with Gasteiger partial charge in [0, 0.05) is 16.9 Å². The van der Waals surface area contributed by atoms with Crippen LogP contribution in [0.1, 0.15) is 42.4 Å². The Hall–Kier alpha value is -4.32. The summed E-state index contributed by atoms with van der Waals surface area (Å²) in [6.07, 6.45) is 7.43. The maximum Gasteiger partial charge on any atom is 0.297 e. The molecule has 7 rings (SSSR count). The minimum Gasteiger partial charge on any atom is -0.390 e. The second-order valence-electron chi connectivity index (χ2n) is 12.7. The first-order valence-corrected chi connectivity index (χ1v) is 17.4. The monoisotopic (exact) mass is 648 g/mol. The fraction of sp³-hybridized carbons (Fsp3) is 0.270. The summed E-state index contributed by atoms with van der Waals surface area (Å²) in [5.41, 5.74) is 7.59. The molecular formula is C37H38N5O4S+. The predicted octanol–water partition coefficient (Wildman–Crippen LogP) is 6.31. The molecule has 4 aromatic rings. The zero-order valence-corrected chi connectivity index (χ0v) is 27.3. The molecule has 3 aliphatic rings. The molecule has 47 heavy (non-hydrogen) atoms. The molecule has 3 heterocycles. The quantitative estimate of drug-likeness (QED) is 0.131. The number of hydrogen-bond acceptors (Lipinski definition) is 8. The van der Waals surface area contributed by atoms with Gasteiger partial charge < -0.3 is 5.11 Å². The van der Waals surface area contributed by atoms with Crippen molar-refractivity contribution in [3.8, 4) is 11.3 Å². The highest BCUT2D eigenvalue weighted by Gasteiger charge is 2.46. The van der Waals surface area contributed by atoms with E-state index in [2.05, 4.69) is 48.3 Å². The summed E-state index contributed by atoms with van der Waals surface area (Å²) in [5, 5.41) is 12.0. The lowest BCUT2D eigenvalue weighted by atomic mass is 9.78. The number of nitrogens with two attached hydrogens (primary N) is 1. The average Bonchev–Trinajstić information content (AvgIpc) is 3.40. The van der Waals surface area contributed by atoms with Gasteiger partial charge in [-0.2, -0.15) is 19.3 Å². The number of quaternary nitrogens is 1. The number of benzene rings is 3. The van der Waals surface area contributed by atoms with Crippen LogP contribution in [0.25, 0.3) is 22.2 Å². The van der Waals surface area contributed by atoms with Gasteiger partial charge >= 0.3 is 0 Å². The molecule has 3 N–H and O–H groups in total. The highest BCUT2D eigenvalue weighted by atomic mass is 32.2. The van der Waals surface area contributed by atoms with E-state index in [0.717, 1.165) is 63.1 Å². The number of amidine groups is 1. The van der Waals surface area contributed by atoms with Crippen LogP contribution in [-0.4, -0.2) is 47.9 Å². The van der Waals surface area contributed by atoms with Crippen molar-refractivity contribution in [3.05, 3.63) is 119 Å². The van der Waals surface area contributed by atoms with Gasteiger partial charge in [0.05, 0.1) is 46.8 Å². The summed E-state index contributed by atoms with van der Waals surface area (Å²) >= 11 is 0. The molecule has 2 atom stereocenters. The fourth-order valence-corrected chi connectivity index (χ4v) is 7.77. The molecular weight excluding hydrogens is 611 g/mol. The van der Waals surface area contributed by atoms with Gasteiger partial charge in [-0.3, -0.25) is 9.18 Å². The van der Waals surface area contributed by atoms with Crippen LogP contribution in [-0.2, 0) is 14.3 Å². The summed E-state index contributed by atoms with van der Waals surface area (Å²) in [5.74, 6) is 7.83. The minimum absolute atomic E-state index is 0.0744. The van der Waals surface area contributed by atoms with Crippen molar-refractivity contribution in [2.75, 3.05) is 6.61 Å². The maximum atomic E-state index is 12.6. The van der Waals surface area contributed by atoms with Crippen molar-refractivity contribution >= 4 is 33.1 Å². The van der Waals surface area contributed by atoms with Crippen molar-refractivity contribution in [1.29, 1.82) is 0 Å². The second kappa shape index (κ2) is 12.4. The Balaban J connectivity index is 1.10. The van der Waals surface area contributed by atoms with Gasteiger partial charge in [-0.05, 0) is 81.3 Å². The molecule has 0 bridgehead atoms. The van der Waals surface area contributed by atoms with Crippen molar-refractivity contribution in [2.45, 2.75) is 50.5 Å². The number of hydrogen-bond donors (Lipinski definition) is 2. The number of aromatic nitrogens is 1. The van der Waals surface area contributed by atoms with E-state index in [4.69, 9.17) is 20.0 Å². The standard InChI is InChI=1S/C37H38N5O4S/c1-24-8-15-30(16-9-24)47(44,45)46-23-35(43)27-10-12-28(13-11-27)36-34-22-39-18-19-42(34,38)37(41-36)29-14-17-31-25(2)20-32(40-33(31)21-29)26-6-4-3-5-7-26/h3-9,14-22,27-28,35,43H,10-13,23,38H2,1-2H3/q+1. The van der Waals surface area contributed by atoms with E-state index in [0.29, 0.717) is 18.7 Å². The molecule has 0 radical (unpaired) electrons. The lowest BCUT2D eigenvalue weighted by molar-refractivity contribution is -0.750. The number of allylic oxidation sites excluding steroid dienone is 2. The molecule has 2 unspecified atom stereocenters. The van der Waals surface area contributed by atoms with E-state index in [-0.39, 0.29) is 27.9 Å². The van der Waals surface area contributed by atoms with Crippen molar-refractivity contribution in [3.63, 3.8) is 0 Å². The number of aliphatic imine (C=N–C) groups is 2. The molecule has 240 valence electrons. The minimum atomic E-state index is -3.95. The summed E-state index contributed by atoms with van der Waals surface area (Å²) in [6, 6.07) is 25.0. The molecule has 0 saturated heterocycles. The number of pyridine rings is 1. The average molecular weight is 649 g/mol. The third kappa shape index (κ3) is 5.99. The van der Waals surface area contributed by atoms with Gasteiger partial charge in [0.2, 0.25) is 5.70 Å². The van der Waals surface area contributed by atoms with Gasteiger partial charge in [0.25, 0.3) is 16.0 Å². The smallest absolute Gasteiger partial charge is 0.297 e. The van der Waals surface area contributed by atoms with Crippen molar-refractivity contribution in [2.24, 2.45) is 27.7 Å². The van der Waals surface area contributed by atoms with E-state index in [1.807, 2.05) is 31.3 Å². The fourth-order valence-electron chi connectivity index (χ4n) is 6.85. The molecule has 1 saturated carbocycles. The Kier molecular flexibility index (Phi) is 8.23. The summed E-state index contributed by atoms with van der Waals surface area (Å²) < 4.78 is 30.5. The molecule has 9 nitrogen and oxygen atoms in total. The lowest BCUT2D eigenvalue weighted by Gasteiger charge is -2.31. The topological polar surface area (TPSA) is 127 Å². The van der Waals surface area contributed by atoms with Crippen LogP contribution in [0.3, 0.4) is 0 Å². The van der Waals surface area contributed by atoms with E-state index in [1.54, 1.807) is 24.5 Å². The molecule has 1 aliphatic carbocycles. The molecule has 1 fully saturated rings. The Labute approximate surface area is 275 Å². The van der Waals surface area contributed by atoms with E-state index < -0.39 is 16.2 Å². The van der Waals surface area contributed by atoms with Gasteiger partial charge in [-0.25, -0.2) is 4.98 Å². The maximum absolute atomic E-state index is 12.6. The predicted molar refractivity (Wildman–Crippen MR) is 183 cm³/mol. The molecule has 3 aromatic carbocycles. The lowest BCUT2D eigenvalue weighted by Crippen LogP contribution is -2.53. The van der Waals surface area contributed by atoms with Gasteiger partial charge in [0.1, 0.15) is 11.9 Å². The van der Waals surface area contributed by atoms with Gasteiger partial charge in [-0.1, -0.05) is 54.1 Å². The van der Waals surface area contributed by atoms with Crippen LogP contribution in [0.4, 0.5) is 0 Å². The van der Waals surface area contributed by atoms with Crippen LogP contribution in [0.15, 0.2) is 118 Å². The zero-order chi connectivity index (χ0) is 32.8. The molecule has 1 aromatic heterocycles. The highest BCUT2D eigenvalue weighted by Crippen LogP contribution is 2.42. The van der Waals surface area contributed by atoms with Crippen molar-refractivity contribution < 1.29 is 22.3 Å². The number of aliphatic hydroxyl groups excluding tert-OH is 1. The van der Waals surface area contributed by atoms with Crippen molar-refractivity contribution in [1.82, 2.24) is 4.98 Å². The van der Waals surface area contributed by atoms with Gasteiger partial charge in [0.15, 0.2) is 0 Å². The highest BCUT2D eigenvalue weighted by molar-refractivity contribution is 7.86. The number of rotatable bonds is 8. The number of fused-ring (bicyclic) bond motifs is 2. The molecule has 0 amide bonds. The van der Waals surface area contributed by atoms with E-state index in [1.165, 1.54) is 12.1 Å². The SMILES string of the molecule is Cc1ccc(S(=O)(=O)OCC(O)C2CCC(C3=C4C=NC=C[N+]4(N)C(c4ccc5c(C)cc(-c6ccccc6)nc5c4)=N3)CC2)cc1. The number of nitrogens with zero attached hydrogens (tertiary/aromatic N) is 4. The Bertz CT molecular complexity index is 2070. The van der Waals surface area contributed by atoms with Gasteiger partial charge in [-0.15, -0.1) is 4.59 Å². The van der Waals surface area contributed by atoms with Crippen LogP contribution in [0.5, 0.6) is 0 Å². The third-order valence-corrected chi connectivity index (χ3v) is 10.9. The van der Waals surface area contributed by atoms with Crippen LogP contribution >= 0.6 is 0 Å². The normalized spacial score (nSPS) is 23.2. The van der Waals surface area contributed by atoms with Crippen LogP contribution in [0, 0.1) is 25.7 Å². The first-order valence-electron chi connectivity index (χ1n) is 16.0. The molecule has 10 heteroatoms. The second-order valence-corrected chi connectivity index (χ2v) is 14.3. The first kappa shape index (κ1) is 31.3. The third-order valence-electron chi connectivity index (χ3n) is 9.57.